The molecule has 1 heterocycles. The van der Waals surface area contributed by atoms with Crippen LogP contribution in [0.15, 0.2) is 188 Å². The van der Waals surface area contributed by atoms with Crippen LogP contribution in [0.2, 0.25) is 0 Å². The molecule has 0 unspecified atom stereocenters. The first-order valence-electron chi connectivity index (χ1n) is 18.4. The van der Waals surface area contributed by atoms with E-state index in [1.807, 2.05) is 11.3 Å². The average molecular weight is 696 g/mol. The van der Waals surface area contributed by atoms with Gasteiger partial charge in [0.1, 0.15) is 0 Å². The zero-order valence-corrected chi connectivity index (χ0v) is 30.6. The second-order valence-corrected chi connectivity index (χ2v) is 15.6. The van der Waals surface area contributed by atoms with Crippen molar-refractivity contribution < 1.29 is 0 Å². The third-order valence-corrected chi connectivity index (χ3v) is 12.3. The van der Waals surface area contributed by atoms with Gasteiger partial charge >= 0.3 is 0 Å². The van der Waals surface area contributed by atoms with Gasteiger partial charge in [-0.3, -0.25) is 0 Å². The Labute approximate surface area is 315 Å². The van der Waals surface area contributed by atoms with E-state index in [0.717, 1.165) is 17.1 Å². The molecule has 8 aromatic carbocycles. The molecule has 1 aliphatic carbocycles. The van der Waals surface area contributed by atoms with Crippen LogP contribution in [0.1, 0.15) is 25.0 Å². The van der Waals surface area contributed by atoms with E-state index in [0.29, 0.717) is 0 Å². The summed E-state index contributed by atoms with van der Waals surface area (Å²) in [6, 6.07) is 69.1. The Kier molecular flexibility index (Phi) is 7.42. The van der Waals surface area contributed by atoms with E-state index in [2.05, 4.69) is 207 Å². The zero-order chi connectivity index (χ0) is 35.5. The molecule has 53 heavy (non-hydrogen) atoms. The average Bonchev–Trinajstić information content (AvgIpc) is 3.71. The molecule has 0 bridgehead atoms. The number of nitrogens with zero attached hydrogens (tertiary/aromatic N) is 1. The smallest absolute Gasteiger partial charge is 0.0546 e. The lowest BCUT2D eigenvalue weighted by atomic mass is 9.82. The second-order valence-electron chi connectivity index (χ2n) is 14.5. The van der Waals surface area contributed by atoms with Gasteiger partial charge in [-0.15, -0.1) is 11.3 Å². The van der Waals surface area contributed by atoms with Crippen molar-refractivity contribution >= 4 is 48.6 Å². The molecule has 1 aliphatic rings. The highest BCUT2D eigenvalue weighted by molar-refractivity contribution is 7.26. The number of hydrogen-bond donors (Lipinski definition) is 0. The van der Waals surface area contributed by atoms with Gasteiger partial charge in [0.25, 0.3) is 0 Å². The highest BCUT2D eigenvalue weighted by Crippen LogP contribution is 2.53. The predicted molar refractivity (Wildman–Crippen MR) is 228 cm³/mol. The Morgan fingerprint density at radius 2 is 1.02 bits per heavy atom. The van der Waals surface area contributed by atoms with Gasteiger partial charge in [-0.25, -0.2) is 0 Å². The maximum atomic E-state index is 2.50. The molecule has 0 saturated carbocycles. The molecule has 0 N–H and O–H groups in total. The fraction of sp³-hybridized carbons (Fsp3) is 0.0588. The van der Waals surface area contributed by atoms with E-state index < -0.39 is 0 Å². The Balaban J connectivity index is 1.28. The van der Waals surface area contributed by atoms with E-state index in [1.165, 1.54) is 75.8 Å². The molecular weight excluding hydrogens is 659 g/mol. The summed E-state index contributed by atoms with van der Waals surface area (Å²) in [5, 5.41) is 2.60. The highest BCUT2D eigenvalue weighted by Gasteiger charge is 2.36. The van der Waals surface area contributed by atoms with E-state index in [-0.39, 0.29) is 5.41 Å². The summed E-state index contributed by atoms with van der Waals surface area (Å²) in [7, 11) is 0. The van der Waals surface area contributed by atoms with Gasteiger partial charge in [0.05, 0.1) is 5.69 Å². The number of hydrogen-bond acceptors (Lipinski definition) is 2. The van der Waals surface area contributed by atoms with Gasteiger partial charge in [-0.1, -0.05) is 166 Å². The normalized spacial score (nSPS) is 12.9. The molecule has 9 aromatic rings. The quantitative estimate of drug-likeness (QED) is 0.167. The molecule has 0 radical (unpaired) electrons. The molecule has 0 spiro atoms. The van der Waals surface area contributed by atoms with Gasteiger partial charge < -0.3 is 4.90 Å². The van der Waals surface area contributed by atoms with Gasteiger partial charge in [-0.2, -0.15) is 0 Å². The lowest BCUT2D eigenvalue weighted by Crippen LogP contribution is -2.17. The lowest BCUT2D eigenvalue weighted by Gasteiger charge is -2.31. The van der Waals surface area contributed by atoms with Crippen molar-refractivity contribution in [1.82, 2.24) is 0 Å². The van der Waals surface area contributed by atoms with Crippen LogP contribution in [-0.2, 0) is 5.41 Å². The zero-order valence-electron chi connectivity index (χ0n) is 29.8. The van der Waals surface area contributed by atoms with Crippen LogP contribution in [0.25, 0.3) is 64.7 Å². The summed E-state index contributed by atoms with van der Waals surface area (Å²) in [6.07, 6.45) is 0. The van der Waals surface area contributed by atoms with E-state index in [4.69, 9.17) is 0 Å². The van der Waals surface area contributed by atoms with Crippen molar-refractivity contribution in [2.75, 3.05) is 4.90 Å². The van der Waals surface area contributed by atoms with Crippen LogP contribution in [0.5, 0.6) is 0 Å². The first-order valence-corrected chi connectivity index (χ1v) is 19.2. The van der Waals surface area contributed by atoms with Crippen LogP contribution in [-0.4, -0.2) is 0 Å². The Morgan fingerprint density at radius 1 is 0.415 bits per heavy atom. The third kappa shape index (κ3) is 5.13. The number of anilines is 3. The summed E-state index contributed by atoms with van der Waals surface area (Å²) in [5.74, 6) is 0. The van der Waals surface area contributed by atoms with Gasteiger partial charge in [0.15, 0.2) is 0 Å². The van der Waals surface area contributed by atoms with Crippen molar-refractivity contribution in [1.29, 1.82) is 0 Å². The Hall–Kier alpha value is -6.22. The number of thiophene rings is 1. The summed E-state index contributed by atoms with van der Waals surface area (Å²) >= 11 is 1.89. The first kappa shape index (κ1) is 31.5. The van der Waals surface area contributed by atoms with Gasteiger partial charge in [-0.05, 0) is 80.9 Å². The molecule has 2 heteroatoms. The minimum absolute atomic E-state index is 0.128. The minimum atomic E-state index is -0.128. The maximum absolute atomic E-state index is 2.50. The standard InChI is InChI=1S/C51H37NS/c1-51(2)45-27-11-9-22-40(45)41-31-30-38(33-46(41)51)52(37-21-13-20-36(32-37)34-16-5-3-6-17-34)47-28-15-24-39(35-18-7-4-8-19-35)49(47)44-26-14-25-43-42-23-10-12-29-48(42)53-50(43)44/h3-33H,1-2H3. The minimum Gasteiger partial charge on any atom is -0.310 e. The summed E-state index contributed by atoms with van der Waals surface area (Å²) < 4.78 is 2.61. The fourth-order valence-electron chi connectivity index (χ4n) is 8.53. The SMILES string of the molecule is CC1(C)c2ccccc2-c2ccc(N(c3cccc(-c4ccccc4)c3)c3cccc(-c4ccccc4)c3-c3cccc4c3sc3ccccc34)cc21. The topological polar surface area (TPSA) is 3.24 Å². The molecule has 10 rings (SSSR count). The van der Waals surface area contributed by atoms with Crippen molar-refractivity contribution in [3.63, 3.8) is 0 Å². The van der Waals surface area contributed by atoms with Crippen molar-refractivity contribution in [2.24, 2.45) is 0 Å². The van der Waals surface area contributed by atoms with Crippen LogP contribution in [0, 0.1) is 0 Å². The van der Waals surface area contributed by atoms with Gasteiger partial charge in [0, 0.05) is 48.1 Å². The molecule has 0 aliphatic heterocycles. The monoisotopic (exact) mass is 695 g/mol. The fourth-order valence-corrected chi connectivity index (χ4v) is 9.75. The second kappa shape index (κ2) is 12.5. The number of benzene rings is 8. The molecule has 1 nitrogen and oxygen atoms in total. The lowest BCUT2D eigenvalue weighted by molar-refractivity contribution is 0.660. The highest BCUT2D eigenvalue weighted by atomic mass is 32.1. The molecule has 1 aromatic heterocycles. The van der Waals surface area contributed by atoms with E-state index in [1.54, 1.807) is 0 Å². The molecule has 0 saturated heterocycles. The van der Waals surface area contributed by atoms with Crippen LogP contribution >= 0.6 is 11.3 Å². The summed E-state index contributed by atoms with van der Waals surface area (Å²) in [6.45, 7) is 4.73. The molecule has 0 amide bonds. The maximum Gasteiger partial charge on any atom is 0.0546 e. The van der Waals surface area contributed by atoms with E-state index in [9.17, 15) is 0 Å². The predicted octanol–water partition coefficient (Wildman–Crippen LogP) is 14.8. The summed E-state index contributed by atoms with van der Waals surface area (Å²) in [4.78, 5) is 2.50. The van der Waals surface area contributed by atoms with Crippen LogP contribution in [0.4, 0.5) is 17.1 Å². The summed E-state index contributed by atoms with van der Waals surface area (Å²) in [5.41, 5.74) is 16.0. The van der Waals surface area contributed by atoms with Crippen LogP contribution < -0.4 is 4.90 Å². The Morgan fingerprint density at radius 3 is 1.87 bits per heavy atom. The molecule has 0 atom stereocenters. The van der Waals surface area contributed by atoms with Crippen molar-refractivity contribution in [3.05, 3.63) is 199 Å². The largest absolute Gasteiger partial charge is 0.310 e. The Bertz CT molecular complexity index is 2810. The molecular formula is C51H37NS. The van der Waals surface area contributed by atoms with Gasteiger partial charge in [0.2, 0.25) is 0 Å². The van der Waals surface area contributed by atoms with Crippen LogP contribution in [0.3, 0.4) is 0 Å². The van der Waals surface area contributed by atoms with Crippen molar-refractivity contribution in [3.8, 4) is 44.5 Å². The number of rotatable bonds is 6. The first-order chi connectivity index (χ1) is 26.1. The number of fused-ring (bicyclic) bond motifs is 6. The van der Waals surface area contributed by atoms with E-state index >= 15 is 0 Å². The molecule has 252 valence electrons. The van der Waals surface area contributed by atoms with Crippen molar-refractivity contribution in [2.45, 2.75) is 19.3 Å². The third-order valence-electron chi connectivity index (χ3n) is 11.1. The molecule has 0 fully saturated rings.